The van der Waals surface area contributed by atoms with Crippen LogP contribution in [0.1, 0.15) is 31.1 Å². The summed E-state index contributed by atoms with van der Waals surface area (Å²) < 4.78 is 10.6. The maximum atomic E-state index is 11.7. The van der Waals surface area contributed by atoms with E-state index in [-0.39, 0.29) is 12.5 Å². The molecule has 2 rings (SSSR count). The van der Waals surface area contributed by atoms with Crippen molar-refractivity contribution in [1.29, 1.82) is 0 Å². The van der Waals surface area contributed by atoms with E-state index in [9.17, 15) is 9.59 Å². The number of rotatable bonds is 6. The zero-order chi connectivity index (χ0) is 17.4. The van der Waals surface area contributed by atoms with Gasteiger partial charge in [-0.05, 0) is 35.8 Å². The molecule has 0 bridgehead atoms. The fourth-order valence-electron chi connectivity index (χ4n) is 1.99. The Morgan fingerprint density at radius 3 is 2.67 bits per heavy atom. The van der Waals surface area contributed by atoms with Crippen LogP contribution in [0.5, 0.6) is 5.75 Å². The number of hydrogen-bond donors (Lipinski definition) is 2. The third-order valence-electron chi connectivity index (χ3n) is 3.17. The summed E-state index contributed by atoms with van der Waals surface area (Å²) in [4.78, 5) is 23.3. The molecule has 6 nitrogen and oxygen atoms in total. The highest BCUT2D eigenvalue weighted by atomic mass is 16.5. The number of benzene rings is 1. The molecular weight excluding hydrogens is 308 g/mol. The number of nitrogens with one attached hydrogen (secondary N) is 2. The smallest absolute Gasteiger partial charge is 0.276 e. The SMILES string of the molecule is CC(C)c1ccccc1OCC(=O)NNC(=O)/C=C/c1ccco1. The van der Waals surface area contributed by atoms with Crippen molar-refractivity contribution < 1.29 is 18.7 Å². The predicted octanol–water partition coefficient (Wildman–Crippen LogP) is 2.64. The van der Waals surface area contributed by atoms with E-state index in [1.54, 1.807) is 12.1 Å². The van der Waals surface area contributed by atoms with Crippen LogP contribution in [0.15, 0.2) is 53.2 Å². The minimum absolute atomic E-state index is 0.189. The number of ether oxygens (including phenoxy) is 1. The summed E-state index contributed by atoms with van der Waals surface area (Å²) in [7, 11) is 0. The average Bonchev–Trinajstić information content (AvgIpc) is 3.10. The first-order chi connectivity index (χ1) is 11.6. The number of para-hydroxylation sites is 1. The molecule has 2 N–H and O–H groups in total. The van der Waals surface area contributed by atoms with E-state index in [1.165, 1.54) is 18.4 Å². The summed E-state index contributed by atoms with van der Waals surface area (Å²) in [6, 6.07) is 11.0. The lowest BCUT2D eigenvalue weighted by atomic mass is 10.0. The molecule has 0 unspecified atom stereocenters. The lowest BCUT2D eigenvalue weighted by Crippen LogP contribution is -2.43. The molecule has 2 aromatic rings. The van der Waals surface area contributed by atoms with E-state index < -0.39 is 11.8 Å². The minimum atomic E-state index is -0.470. The van der Waals surface area contributed by atoms with Crippen molar-refractivity contribution in [3.63, 3.8) is 0 Å². The third kappa shape index (κ3) is 5.31. The van der Waals surface area contributed by atoms with Gasteiger partial charge in [0.2, 0.25) is 0 Å². The van der Waals surface area contributed by atoms with Crippen LogP contribution in [-0.2, 0) is 9.59 Å². The highest BCUT2D eigenvalue weighted by molar-refractivity contribution is 5.92. The van der Waals surface area contributed by atoms with Gasteiger partial charge in [0, 0.05) is 6.08 Å². The van der Waals surface area contributed by atoms with Gasteiger partial charge in [0.1, 0.15) is 11.5 Å². The second-order valence-electron chi connectivity index (χ2n) is 5.37. The number of furan rings is 1. The second kappa shape index (κ2) is 8.57. The molecule has 2 amide bonds. The van der Waals surface area contributed by atoms with Crippen LogP contribution in [0.4, 0.5) is 0 Å². The van der Waals surface area contributed by atoms with Crippen LogP contribution in [0.25, 0.3) is 6.08 Å². The van der Waals surface area contributed by atoms with Gasteiger partial charge < -0.3 is 9.15 Å². The van der Waals surface area contributed by atoms with Crippen molar-refractivity contribution in [2.45, 2.75) is 19.8 Å². The molecule has 1 heterocycles. The van der Waals surface area contributed by atoms with Gasteiger partial charge in [-0.15, -0.1) is 0 Å². The van der Waals surface area contributed by atoms with Crippen LogP contribution in [0.3, 0.4) is 0 Å². The number of hydrazine groups is 1. The van der Waals surface area contributed by atoms with Crippen molar-refractivity contribution in [2.75, 3.05) is 6.61 Å². The number of carbonyl (C=O) groups is 2. The van der Waals surface area contributed by atoms with E-state index in [4.69, 9.17) is 9.15 Å². The molecule has 126 valence electrons. The Balaban J connectivity index is 1.77. The van der Waals surface area contributed by atoms with Crippen LogP contribution >= 0.6 is 0 Å². The molecule has 0 aliphatic heterocycles. The normalized spacial score (nSPS) is 10.8. The van der Waals surface area contributed by atoms with Gasteiger partial charge in [0.05, 0.1) is 6.26 Å². The summed E-state index contributed by atoms with van der Waals surface area (Å²) >= 11 is 0. The topological polar surface area (TPSA) is 80.6 Å². The van der Waals surface area contributed by atoms with Gasteiger partial charge >= 0.3 is 0 Å². The standard InChI is InChI=1S/C18H20N2O4/c1-13(2)15-7-3-4-8-16(15)24-12-18(22)20-19-17(21)10-9-14-6-5-11-23-14/h3-11,13H,12H2,1-2H3,(H,19,21)(H,20,22)/b10-9+. The van der Waals surface area contributed by atoms with Crippen LogP contribution in [0, 0.1) is 0 Å². The zero-order valence-electron chi connectivity index (χ0n) is 13.6. The average molecular weight is 328 g/mol. The van der Waals surface area contributed by atoms with Gasteiger partial charge in [0.25, 0.3) is 11.8 Å². The largest absolute Gasteiger partial charge is 0.483 e. The Morgan fingerprint density at radius 2 is 1.96 bits per heavy atom. The summed E-state index contributed by atoms with van der Waals surface area (Å²) in [5.41, 5.74) is 5.58. The number of carbonyl (C=O) groups excluding carboxylic acids is 2. The summed E-state index contributed by atoms with van der Waals surface area (Å²) in [6.45, 7) is 3.91. The Kier molecular flexibility index (Phi) is 6.19. The molecule has 1 aromatic carbocycles. The van der Waals surface area contributed by atoms with Gasteiger partial charge in [0.15, 0.2) is 6.61 Å². The molecule has 0 aliphatic rings. The number of hydrogen-bond acceptors (Lipinski definition) is 4. The second-order valence-corrected chi connectivity index (χ2v) is 5.37. The summed E-state index contributed by atoms with van der Waals surface area (Å²) in [5.74, 6) is 0.572. The van der Waals surface area contributed by atoms with E-state index >= 15 is 0 Å². The van der Waals surface area contributed by atoms with Crippen molar-refractivity contribution in [3.8, 4) is 5.75 Å². The molecule has 0 radical (unpaired) electrons. The van der Waals surface area contributed by atoms with Gasteiger partial charge in [-0.1, -0.05) is 32.0 Å². The molecule has 24 heavy (non-hydrogen) atoms. The first kappa shape index (κ1) is 17.3. The summed E-state index contributed by atoms with van der Waals surface area (Å²) in [5, 5.41) is 0. The van der Waals surface area contributed by atoms with E-state index in [1.807, 2.05) is 38.1 Å². The van der Waals surface area contributed by atoms with Gasteiger partial charge in [-0.3, -0.25) is 20.4 Å². The summed E-state index contributed by atoms with van der Waals surface area (Å²) in [6.07, 6.45) is 4.26. The quantitative estimate of drug-likeness (QED) is 0.631. The van der Waals surface area contributed by atoms with E-state index in [2.05, 4.69) is 10.9 Å². The molecule has 0 aliphatic carbocycles. The number of amides is 2. The maximum Gasteiger partial charge on any atom is 0.276 e. The van der Waals surface area contributed by atoms with E-state index in [0.29, 0.717) is 11.5 Å². The molecular formula is C18H20N2O4. The monoisotopic (exact) mass is 328 g/mol. The zero-order valence-corrected chi connectivity index (χ0v) is 13.6. The third-order valence-corrected chi connectivity index (χ3v) is 3.17. The first-order valence-corrected chi connectivity index (χ1v) is 7.58. The Morgan fingerprint density at radius 1 is 1.17 bits per heavy atom. The first-order valence-electron chi connectivity index (χ1n) is 7.58. The molecule has 6 heteroatoms. The Labute approximate surface area is 140 Å². The lowest BCUT2D eigenvalue weighted by molar-refractivity contribution is -0.128. The highest BCUT2D eigenvalue weighted by Crippen LogP contribution is 2.25. The van der Waals surface area contributed by atoms with Crippen LogP contribution < -0.4 is 15.6 Å². The predicted molar refractivity (Wildman–Crippen MR) is 90.1 cm³/mol. The fourth-order valence-corrected chi connectivity index (χ4v) is 1.99. The molecule has 0 fully saturated rings. The van der Waals surface area contributed by atoms with Crippen molar-refractivity contribution in [1.82, 2.24) is 10.9 Å². The molecule has 1 aromatic heterocycles. The maximum absolute atomic E-state index is 11.7. The molecule has 0 atom stereocenters. The van der Waals surface area contributed by atoms with Crippen molar-refractivity contribution in [3.05, 3.63) is 60.1 Å². The van der Waals surface area contributed by atoms with Crippen LogP contribution in [0.2, 0.25) is 0 Å². The molecule has 0 saturated carbocycles. The van der Waals surface area contributed by atoms with Crippen LogP contribution in [-0.4, -0.2) is 18.4 Å². The Hall–Kier alpha value is -3.02. The Bertz CT molecular complexity index is 706. The van der Waals surface area contributed by atoms with Crippen molar-refractivity contribution >= 4 is 17.9 Å². The van der Waals surface area contributed by atoms with Crippen molar-refractivity contribution in [2.24, 2.45) is 0 Å². The molecule has 0 spiro atoms. The fraction of sp³-hybridized carbons (Fsp3) is 0.222. The molecule has 0 saturated heterocycles. The van der Waals surface area contributed by atoms with E-state index in [0.717, 1.165) is 5.56 Å². The highest BCUT2D eigenvalue weighted by Gasteiger charge is 2.09. The minimum Gasteiger partial charge on any atom is -0.483 e. The lowest BCUT2D eigenvalue weighted by Gasteiger charge is -2.13. The van der Waals surface area contributed by atoms with Gasteiger partial charge in [-0.2, -0.15) is 0 Å². The van der Waals surface area contributed by atoms with Gasteiger partial charge in [-0.25, -0.2) is 0 Å².